The second-order valence-electron chi connectivity index (χ2n) is 5.15. The maximum Gasteiger partial charge on any atom is 0.131 e. The predicted molar refractivity (Wildman–Crippen MR) is 80.1 cm³/mol. The predicted octanol–water partition coefficient (Wildman–Crippen LogP) is 5.06. The van der Waals surface area contributed by atoms with Gasteiger partial charge in [0.05, 0.1) is 0 Å². The van der Waals surface area contributed by atoms with Crippen LogP contribution in [0.1, 0.15) is 11.1 Å². The molecule has 1 aliphatic rings. The van der Waals surface area contributed by atoms with E-state index < -0.39 is 0 Å². The number of fused-ring (bicyclic) bond motifs is 3. The van der Waals surface area contributed by atoms with Crippen molar-refractivity contribution >= 4 is 0 Å². The summed E-state index contributed by atoms with van der Waals surface area (Å²) in [4.78, 5) is 0. The van der Waals surface area contributed by atoms with Crippen LogP contribution in [0.25, 0.3) is 22.3 Å². The summed E-state index contributed by atoms with van der Waals surface area (Å²) in [6.07, 6.45) is 0.813. The van der Waals surface area contributed by atoms with Crippen LogP contribution in [0, 0.1) is 5.82 Å². The Kier molecular flexibility index (Phi) is 2.46. The first kappa shape index (κ1) is 11.4. The summed E-state index contributed by atoms with van der Waals surface area (Å²) < 4.78 is 14.4. The minimum absolute atomic E-state index is 0.136. The molecule has 1 aliphatic carbocycles. The third kappa shape index (κ3) is 1.60. The maximum atomic E-state index is 14.4. The van der Waals surface area contributed by atoms with Crippen molar-refractivity contribution in [3.05, 3.63) is 83.7 Å². The van der Waals surface area contributed by atoms with Gasteiger partial charge in [0.1, 0.15) is 5.82 Å². The van der Waals surface area contributed by atoms with Gasteiger partial charge in [0, 0.05) is 5.56 Å². The van der Waals surface area contributed by atoms with E-state index in [1.54, 1.807) is 6.07 Å². The number of hydrogen-bond acceptors (Lipinski definition) is 0. The highest BCUT2D eigenvalue weighted by Gasteiger charge is 2.23. The number of benzene rings is 3. The lowest BCUT2D eigenvalue weighted by atomic mass is 9.95. The number of halogens is 1. The van der Waals surface area contributed by atoms with E-state index >= 15 is 0 Å². The first-order chi connectivity index (χ1) is 9.84. The van der Waals surface area contributed by atoms with Crippen LogP contribution in [0.15, 0.2) is 66.7 Å². The molecule has 3 aromatic rings. The molecule has 0 fully saturated rings. The lowest BCUT2D eigenvalue weighted by Gasteiger charge is -2.10. The zero-order chi connectivity index (χ0) is 13.5. The fraction of sp³-hybridized carbons (Fsp3) is 0.0526. The molecule has 0 unspecified atom stereocenters. The first-order valence-corrected chi connectivity index (χ1v) is 6.79. The molecule has 4 rings (SSSR count). The minimum Gasteiger partial charge on any atom is -0.206 e. The quantitative estimate of drug-likeness (QED) is 0.448. The van der Waals surface area contributed by atoms with Crippen LogP contribution < -0.4 is 0 Å². The van der Waals surface area contributed by atoms with Gasteiger partial charge >= 0.3 is 0 Å². The average Bonchev–Trinajstić information content (AvgIpc) is 2.86. The average molecular weight is 260 g/mol. The normalized spacial score (nSPS) is 12.1. The lowest BCUT2D eigenvalue weighted by molar-refractivity contribution is 0.630. The summed E-state index contributed by atoms with van der Waals surface area (Å²) in [7, 11) is 0. The SMILES string of the molecule is Fc1ccc2c(c1-c1ccccc1)Cc1ccccc1-2. The van der Waals surface area contributed by atoms with Crippen molar-refractivity contribution < 1.29 is 4.39 Å². The molecule has 0 nitrogen and oxygen atoms in total. The molecule has 0 aliphatic heterocycles. The van der Waals surface area contributed by atoms with Crippen LogP contribution in [0.5, 0.6) is 0 Å². The van der Waals surface area contributed by atoms with Gasteiger partial charge in [0.2, 0.25) is 0 Å². The van der Waals surface area contributed by atoms with Crippen LogP contribution in [0.4, 0.5) is 4.39 Å². The Morgan fingerprint density at radius 2 is 1.45 bits per heavy atom. The van der Waals surface area contributed by atoms with Crippen molar-refractivity contribution in [2.45, 2.75) is 6.42 Å². The van der Waals surface area contributed by atoms with E-state index in [4.69, 9.17) is 0 Å². The minimum atomic E-state index is -0.136. The zero-order valence-corrected chi connectivity index (χ0v) is 10.9. The Bertz CT molecular complexity index is 788. The summed E-state index contributed by atoms with van der Waals surface area (Å²) in [6, 6.07) is 21.6. The van der Waals surface area contributed by atoms with Crippen molar-refractivity contribution in [3.63, 3.8) is 0 Å². The monoisotopic (exact) mass is 260 g/mol. The lowest BCUT2D eigenvalue weighted by Crippen LogP contribution is -1.92. The smallest absolute Gasteiger partial charge is 0.131 e. The maximum absolute atomic E-state index is 14.4. The van der Waals surface area contributed by atoms with Crippen molar-refractivity contribution in [1.29, 1.82) is 0 Å². The summed E-state index contributed by atoms with van der Waals surface area (Å²) in [5, 5.41) is 0. The van der Waals surface area contributed by atoms with Crippen LogP contribution in [0.2, 0.25) is 0 Å². The molecule has 0 aromatic heterocycles. The van der Waals surface area contributed by atoms with Gasteiger partial charge in [-0.3, -0.25) is 0 Å². The second kappa shape index (κ2) is 4.31. The Morgan fingerprint density at radius 3 is 2.30 bits per heavy atom. The topological polar surface area (TPSA) is 0 Å². The molecule has 0 atom stereocenters. The number of hydrogen-bond donors (Lipinski definition) is 0. The highest BCUT2D eigenvalue weighted by atomic mass is 19.1. The fourth-order valence-electron chi connectivity index (χ4n) is 3.10. The molecule has 0 N–H and O–H groups in total. The molecule has 20 heavy (non-hydrogen) atoms. The summed E-state index contributed by atoms with van der Waals surface area (Å²) in [6.45, 7) is 0. The van der Waals surface area contributed by atoms with Crippen LogP contribution in [-0.4, -0.2) is 0 Å². The Morgan fingerprint density at radius 1 is 0.700 bits per heavy atom. The van der Waals surface area contributed by atoms with Crippen LogP contribution in [-0.2, 0) is 6.42 Å². The van der Waals surface area contributed by atoms with Crippen molar-refractivity contribution in [3.8, 4) is 22.3 Å². The van der Waals surface area contributed by atoms with Gasteiger partial charge in [-0.25, -0.2) is 4.39 Å². The Balaban J connectivity index is 2.00. The van der Waals surface area contributed by atoms with Gasteiger partial charge < -0.3 is 0 Å². The summed E-state index contributed by atoms with van der Waals surface area (Å²) in [5.74, 6) is -0.136. The van der Waals surface area contributed by atoms with E-state index in [1.807, 2.05) is 48.5 Å². The van der Waals surface area contributed by atoms with E-state index in [9.17, 15) is 4.39 Å². The molecule has 0 amide bonds. The summed E-state index contributed by atoms with van der Waals surface area (Å²) in [5.41, 5.74) is 6.50. The molecule has 0 saturated carbocycles. The zero-order valence-electron chi connectivity index (χ0n) is 10.9. The standard InChI is InChI=1S/C19H13F/c20-18-11-10-16-15-9-5-4-8-14(15)12-17(16)19(18)13-6-2-1-3-7-13/h1-11H,12H2. The molecular weight excluding hydrogens is 247 g/mol. The molecule has 1 heteroatoms. The Hall–Kier alpha value is -2.41. The first-order valence-electron chi connectivity index (χ1n) is 6.79. The van der Waals surface area contributed by atoms with E-state index in [-0.39, 0.29) is 5.82 Å². The fourth-order valence-corrected chi connectivity index (χ4v) is 3.10. The van der Waals surface area contributed by atoms with E-state index in [0.717, 1.165) is 23.1 Å². The molecular formula is C19H13F. The van der Waals surface area contributed by atoms with Crippen LogP contribution >= 0.6 is 0 Å². The Labute approximate surface area is 117 Å². The largest absolute Gasteiger partial charge is 0.206 e. The highest BCUT2D eigenvalue weighted by Crippen LogP contribution is 2.42. The number of rotatable bonds is 1. The van der Waals surface area contributed by atoms with Gasteiger partial charge in [0.25, 0.3) is 0 Å². The van der Waals surface area contributed by atoms with Crippen molar-refractivity contribution in [2.75, 3.05) is 0 Å². The molecule has 0 spiro atoms. The van der Waals surface area contributed by atoms with Crippen molar-refractivity contribution in [2.24, 2.45) is 0 Å². The van der Waals surface area contributed by atoms with E-state index in [1.165, 1.54) is 16.7 Å². The second-order valence-corrected chi connectivity index (χ2v) is 5.15. The van der Waals surface area contributed by atoms with Gasteiger partial charge in [-0.1, -0.05) is 60.7 Å². The highest BCUT2D eigenvalue weighted by molar-refractivity contribution is 5.84. The molecule has 0 bridgehead atoms. The van der Waals surface area contributed by atoms with Gasteiger partial charge in [0.15, 0.2) is 0 Å². The molecule has 0 saturated heterocycles. The van der Waals surface area contributed by atoms with E-state index in [0.29, 0.717) is 0 Å². The third-order valence-corrected chi connectivity index (χ3v) is 4.00. The van der Waals surface area contributed by atoms with Gasteiger partial charge in [-0.2, -0.15) is 0 Å². The van der Waals surface area contributed by atoms with Crippen LogP contribution in [0.3, 0.4) is 0 Å². The molecule has 0 heterocycles. The molecule has 3 aromatic carbocycles. The molecule has 0 radical (unpaired) electrons. The third-order valence-electron chi connectivity index (χ3n) is 4.00. The van der Waals surface area contributed by atoms with Gasteiger partial charge in [-0.15, -0.1) is 0 Å². The van der Waals surface area contributed by atoms with E-state index in [2.05, 4.69) is 12.1 Å². The van der Waals surface area contributed by atoms with Crippen molar-refractivity contribution in [1.82, 2.24) is 0 Å². The van der Waals surface area contributed by atoms with Gasteiger partial charge in [-0.05, 0) is 40.3 Å². The molecule has 96 valence electrons. The summed E-state index contributed by atoms with van der Waals surface area (Å²) >= 11 is 0.